The van der Waals surface area contributed by atoms with Crippen LogP contribution in [0, 0.1) is 21.7 Å². The van der Waals surface area contributed by atoms with Crippen molar-refractivity contribution in [3.05, 3.63) is 34.3 Å². The van der Waals surface area contributed by atoms with Crippen molar-refractivity contribution in [3.8, 4) is 17.5 Å². The number of oxazole rings is 1. The molecule has 0 aliphatic rings. The van der Waals surface area contributed by atoms with Crippen molar-refractivity contribution in [1.29, 1.82) is 5.26 Å². The van der Waals surface area contributed by atoms with E-state index in [1.54, 1.807) is 6.07 Å². The quantitative estimate of drug-likeness (QED) is 0.692. The average molecular weight is 277 g/mol. The molecule has 1 aromatic heterocycles. The molecular formula is C10H7N5O5-2. The first-order chi connectivity index (χ1) is 9.42. The minimum absolute atomic E-state index is 0.0653. The van der Waals surface area contributed by atoms with Crippen molar-refractivity contribution in [2.45, 2.75) is 0 Å². The van der Waals surface area contributed by atoms with Crippen molar-refractivity contribution < 1.29 is 14.8 Å². The monoisotopic (exact) mass is 277 g/mol. The first-order valence-corrected chi connectivity index (χ1v) is 5.06. The number of aromatic nitrogens is 1. The van der Waals surface area contributed by atoms with E-state index in [0.29, 0.717) is 0 Å². The Labute approximate surface area is 111 Å². The molecule has 104 valence electrons. The number of hydrogen-bond donors (Lipinski definition) is 3. The third-order valence-corrected chi connectivity index (χ3v) is 2.35. The molecule has 0 saturated carbocycles. The lowest BCUT2D eigenvalue weighted by Gasteiger charge is -2.38. The third-order valence-electron chi connectivity index (χ3n) is 2.35. The van der Waals surface area contributed by atoms with Gasteiger partial charge in [-0.15, -0.1) is 5.23 Å². The second-order valence-electron chi connectivity index (χ2n) is 3.63. The van der Waals surface area contributed by atoms with Crippen LogP contribution in [0.4, 0.5) is 17.3 Å². The van der Waals surface area contributed by atoms with E-state index in [9.17, 15) is 10.4 Å². The number of nitrogen functional groups attached to an aromatic ring is 1. The van der Waals surface area contributed by atoms with Crippen LogP contribution in [0.3, 0.4) is 0 Å². The van der Waals surface area contributed by atoms with E-state index in [1.807, 2.05) is 0 Å². The van der Waals surface area contributed by atoms with Crippen LogP contribution >= 0.6 is 0 Å². The van der Waals surface area contributed by atoms with Crippen molar-refractivity contribution in [3.63, 3.8) is 0 Å². The predicted molar refractivity (Wildman–Crippen MR) is 66.3 cm³/mol. The Morgan fingerprint density at radius 2 is 1.90 bits per heavy atom. The fraction of sp³-hybridized carbons (Fsp3) is 0. The molecule has 0 spiro atoms. The van der Waals surface area contributed by atoms with Crippen molar-refractivity contribution >= 4 is 17.3 Å². The van der Waals surface area contributed by atoms with E-state index in [2.05, 4.69) is 4.98 Å². The number of nitriles is 1. The number of benzene rings is 1. The topological polar surface area (TPSA) is 169 Å². The summed E-state index contributed by atoms with van der Waals surface area (Å²) in [6.45, 7) is 0. The zero-order chi connectivity index (χ0) is 14.9. The molecule has 1 heterocycles. The van der Waals surface area contributed by atoms with E-state index in [0.717, 1.165) is 12.1 Å². The van der Waals surface area contributed by atoms with Gasteiger partial charge in [0.05, 0.1) is 5.69 Å². The van der Waals surface area contributed by atoms with E-state index in [-0.39, 0.29) is 33.9 Å². The zero-order valence-corrected chi connectivity index (χ0v) is 9.72. The molecule has 4 N–H and O–H groups in total. The lowest BCUT2D eigenvalue weighted by Crippen LogP contribution is -2.12. The lowest BCUT2D eigenvalue weighted by molar-refractivity contribution is 0.0292. The molecule has 2 aromatic rings. The molecule has 10 nitrogen and oxygen atoms in total. The predicted octanol–water partition coefficient (Wildman–Crippen LogP) is 1.18. The van der Waals surface area contributed by atoms with Gasteiger partial charge < -0.3 is 25.8 Å². The highest BCUT2D eigenvalue weighted by Crippen LogP contribution is 2.31. The van der Waals surface area contributed by atoms with Crippen LogP contribution in [-0.2, 0) is 0 Å². The summed E-state index contributed by atoms with van der Waals surface area (Å²) in [6, 6.07) is 4.88. The van der Waals surface area contributed by atoms with E-state index < -0.39 is 10.9 Å². The van der Waals surface area contributed by atoms with Gasteiger partial charge in [0, 0.05) is 11.3 Å². The third kappa shape index (κ3) is 2.46. The van der Waals surface area contributed by atoms with Gasteiger partial charge in [0.2, 0.25) is 17.5 Å². The Balaban J connectivity index is 2.57. The van der Waals surface area contributed by atoms with E-state index in [4.69, 9.17) is 25.8 Å². The molecule has 0 aliphatic carbocycles. The van der Waals surface area contributed by atoms with Crippen LogP contribution < -0.4 is 16.2 Å². The zero-order valence-electron chi connectivity index (χ0n) is 9.72. The van der Waals surface area contributed by atoms with E-state index in [1.165, 1.54) is 6.07 Å². The van der Waals surface area contributed by atoms with Crippen LogP contribution in [0.15, 0.2) is 22.6 Å². The molecule has 0 saturated heterocycles. The Hall–Kier alpha value is -2.84. The summed E-state index contributed by atoms with van der Waals surface area (Å²) in [5.41, 5.74) is 4.60. The van der Waals surface area contributed by atoms with Gasteiger partial charge in [-0.2, -0.15) is 10.2 Å². The van der Waals surface area contributed by atoms with Gasteiger partial charge in [-0.25, -0.2) is 0 Å². The van der Waals surface area contributed by atoms with Gasteiger partial charge in [0.15, 0.2) is 0 Å². The Morgan fingerprint density at radius 3 is 2.40 bits per heavy atom. The molecule has 1 aromatic carbocycles. The second-order valence-corrected chi connectivity index (χ2v) is 3.63. The highest BCUT2D eigenvalue weighted by molar-refractivity contribution is 5.71. The van der Waals surface area contributed by atoms with Gasteiger partial charge in [-0.3, -0.25) is 10.4 Å². The molecule has 20 heavy (non-hydrogen) atoms. The Kier molecular flexibility index (Phi) is 3.42. The molecule has 0 unspecified atom stereocenters. The van der Waals surface area contributed by atoms with Crippen molar-refractivity contribution in [2.24, 2.45) is 0 Å². The van der Waals surface area contributed by atoms with Crippen LogP contribution in [0.5, 0.6) is 0 Å². The molecule has 0 fully saturated rings. The summed E-state index contributed by atoms with van der Waals surface area (Å²) in [5, 5.41) is 47.2. The molecule has 0 radical (unpaired) electrons. The minimum atomic E-state index is -0.728. The maximum absolute atomic E-state index is 10.8. The summed E-state index contributed by atoms with van der Waals surface area (Å²) in [7, 11) is 0. The number of nitrogens with two attached hydrogens (primary N) is 1. The summed E-state index contributed by atoms with van der Waals surface area (Å²) in [5.74, 6) is -0.383. The highest BCUT2D eigenvalue weighted by atomic mass is 16.8. The highest BCUT2D eigenvalue weighted by Gasteiger charge is 2.14. The SMILES string of the molecule is N#Cc1nc(-c2cc(N([O-])[O-])cc(N(O)O)c2)oc1N. The average Bonchev–Trinajstić information content (AvgIpc) is 2.79. The first kappa shape index (κ1) is 13.6. The first-order valence-electron chi connectivity index (χ1n) is 5.06. The summed E-state index contributed by atoms with van der Waals surface area (Å²) < 4.78 is 5.00. The van der Waals surface area contributed by atoms with Crippen LogP contribution in [0.2, 0.25) is 0 Å². The number of hydrogen-bond acceptors (Lipinski definition) is 10. The smallest absolute Gasteiger partial charge is 0.230 e. The number of rotatable bonds is 3. The molecule has 0 bridgehead atoms. The maximum atomic E-state index is 10.8. The van der Waals surface area contributed by atoms with E-state index >= 15 is 0 Å². The van der Waals surface area contributed by atoms with Gasteiger partial charge in [-0.05, 0) is 18.2 Å². The Bertz CT molecular complexity index is 649. The molecule has 0 aliphatic heterocycles. The summed E-state index contributed by atoms with van der Waals surface area (Å²) >= 11 is 0. The largest absolute Gasteiger partial charge is 0.769 e. The number of nitrogens with zero attached hydrogens (tertiary/aromatic N) is 4. The molecular weight excluding hydrogens is 270 g/mol. The van der Waals surface area contributed by atoms with Crippen LogP contribution in [0.1, 0.15) is 5.69 Å². The van der Waals surface area contributed by atoms with Gasteiger partial charge in [0.25, 0.3) is 0 Å². The van der Waals surface area contributed by atoms with Crippen molar-refractivity contribution in [2.75, 3.05) is 16.2 Å². The standard InChI is InChI=1S/C10H7N5O5/c11-4-8-9(12)20-10(13-8)5-1-6(14(16)17)3-7(2-5)15(18)19/h1-3,16-17H,12H2/q-2. The normalized spacial score (nSPS) is 10.2. The summed E-state index contributed by atoms with van der Waals surface area (Å²) in [4.78, 5) is 3.74. The lowest BCUT2D eigenvalue weighted by atomic mass is 10.1. The van der Waals surface area contributed by atoms with Gasteiger partial charge in [0.1, 0.15) is 6.07 Å². The van der Waals surface area contributed by atoms with Crippen LogP contribution in [-0.4, -0.2) is 15.4 Å². The second kappa shape index (κ2) is 5.03. The minimum Gasteiger partial charge on any atom is -0.769 e. The fourth-order valence-corrected chi connectivity index (χ4v) is 1.48. The molecule has 2 rings (SSSR count). The Morgan fingerprint density at radius 1 is 1.25 bits per heavy atom. The summed E-state index contributed by atoms with van der Waals surface area (Å²) in [6.07, 6.45) is 0. The molecule has 0 atom stereocenters. The molecule has 10 heteroatoms. The number of anilines is 3. The van der Waals surface area contributed by atoms with Crippen molar-refractivity contribution in [1.82, 2.24) is 4.98 Å². The van der Waals surface area contributed by atoms with Gasteiger partial charge >= 0.3 is 0 Å². The maximum Gasteiger partial charge on any atom is 0.230 e. The van der Waals surface area contributed by atoms with Gasteiger partial charge in [-0.1, -0.05) is 0 Å². The van der Waals surface area contributed by atoms with Crippen LogP contribution in [0.25, 0.3) is 11.5 Å². The molecule has 0 amide bonds. The fourth-order valence-electron chi connectivity index (χ4n) is 1.48.